The van der Waals surface area contributed by atoms with Gasteiger partial charge >= 0.3 is 0 Å². The van der Waals surface area contributed by atoms with Crippen LogP contribution in [0.3, 0.4) is 0 Å². The van der Waals surface area contributed by atoms with Crippen molar-refractivity contribution in [3.63, 3.8) is 0 Å². The molecule has 0 bridgehead atoms. The molecule has 13 heavy (non-hydrogen) atoms. The minimum Gasteiger partial charge on any atom is -0.474 e. The number of nitriles is 1. The van der Waals surface area contributed by atoms with Crippen molar-refractivity contribution < 1.29 is 4.74 Å². The van der Waals surface area contributed by atoms with Crippen LogP contribution in [0.5, 0.6) is 0 Å². The van der Waals surface area contributed by atoms with Crippen molar-refractivity contribution in [3.05, 3.63) is 22.6 Å². The van der Waals surface area contributed by atoms with E-state index in [2.05, 4.69) is 6.07 Å². The lowest BCUT2D eigenvalue weighted by Gasteiger charge is -2.25. The first-order valence-corrected chi connectivity index (χ1v) is 4.57. The van der Waals surface area contributed by atoms with Crippen LogP contribution in [-0.4, -0.2) is 6.61 Å². The van der Waals surface area contributed by atoms with Gasteiger partial charge in [-0.15, -0.1) is 0 Å². The molecule has 0 saturated heterocycles. The topological polar surface area (TPSA) is 59.0 Å². The summed E-state index contributed by atoms with van der Waals surface area (Å²) in [5.74, 6) is 0.308. The molecule has 1 heterocycles. The van der Waals surface area contributed by atoms with Crippen LogP contribution in [0.15, 0.2) is 22.6 Å². The Morgan fingerprint density at radius 3 is 2.85 bits per heavy atom. The normalized spacial score (nSPS) is 22.1. The highest BCUT2D eigenvalue weighted by molar-refractivity contribution is 5.48. The van der Waals surface area contributed by atoms with Crippen molar-refractivity contribution in [1.29, 1.82) is 5.26 Å². The van der Waals surface area contributed by atoms with Gasteiger partial charge in [0.1, 0.15) is 18.2 Å². The number of ether oxygens (including phenoxy) is 1. The van der Waals surface area contributed by atoms with E-state index in [1.165, 1.54) is 12.0 Å². The third-order valence-corrected chi connectivity index (χ3v) is 2.64. The summed E-state index contributed by atoms with van der Waals surface area (Å²) in [5.41, 5.74) is 8.59. The van der Waals surface area contributed by atoms with Crippen molar-refractivity contribution in [2.24, 2.45) is 5.73 Å². The fourth-order valence-corrected chi connectivity index (χ4v) is 1.94. The SMILES string of the molecule is N#CC1=C(N)OCC2=C1CCCC2. The highest BCUT2D eigenvalue weighted by atomic mass is 16.5. The van der Waals surface area contributed by atoms with Crippen LogP contribution >= 0.6 is 0 Å². The molecule has 3 nitrogen and oxygen atoms in total. The summed E-state index contributed by atoms with van der Waals surface area (Å²) in [5, 5.41) is 8.90. The van der Waals surface area contributed by atoms with Gasteiger partial charge in [0.25, 0.3) is 0 Å². The first-order valence-electron chi connectivity index (χ1n) is 4.57. The molecule has 0 aromatic carbocycles. The Hall–Kier alpha value is -1.43. The Kier molecular flexibility index (Phi) is 1.97. The van der Waals surface area contributed by atoms with Gasteiger partial charge in [-0.2, -0.15) is 5.26 Å². The molecule has 0 atom stereocenters. The Morgan fingerprint density at radius 2 is 2.08 bits per heavy atom. The summed E-state index contributed by atoms with van der Waals surface area (Å²) in [6.45, 7) is 0.590. The van der Waals surface area contributed by atoms with E-state index in [4.69, 9.17) is 15.7 Å². The summed E-state index contributed by atoms with van der Waals surface area (Å²) < 4.78 is 5.23. The molecule has 2 rings (SSSR count). The molecule has 1 aliphatic carbocycles. The van der Waals surface area contributed by atoms with Crippen LogP contribution in [0.2, 0.25) is 0 Å². The van der Waals surface area contributed by atoms with Crippen LogP contribution in [0, 0.1) is 11.3 Å². The quantitative estimate of drug-likeness (QED) is 0.609. The molecule has 0 amide bonds. The maximum Gasteiger partial charge on any atom is 0.203 e. The van der Waals surface area contributed by atoms with Crippen molar-refractivity contribution >= 4 is 0 Å². The fourth-order valence-electron chi connectivity index (χ4n) is 1.94. The van der Waals surface area contributed by atoms with Crippen LogP contribution in [0.25, 0.3) is 0 Å². The second-order valence-electron chi connectivity index (χ2n) is 3.43. The zero-order valence-corrected chi connectivity index (χ0v) is 7.47. The van der Waals surface area contributed by atoms with E-state index in [1.807, 2.05) is 0 Å². The lowest BCUT2D eigenvalue weighted by Crippen LogP contribution is -2.19. The van der Waals surface area contributed by atoms with E-state index in [0.717, 1.165) is 24.8 Å². The van der Waals surface area contributed by atoms with Gasteiger partial charge in [0, 0.05) is 0 Å². The molecule has 0 aromatic heterocycles. The van der Waals surface area contributed by atoms with Crippen molar-refractivity contribution in [1.82, 2.24) is 0 Å². The van der Waals surface area contributed by atoms with E-state index < -0.39 is 0 Å². The van der Waals surface area contributed by atoms with Crippen LogP contribution in [-0.2, 0) is 4.74 Å². The number of allylic oxidation sites excluding steroid dienone is 2. The van der Waals surface area contributed by atoms with Crippen LogP contribution in [0.4, 0.5) is 0 Å². The second kappa shape index (κ2) is 3.14. The van der Waals surface area contributed by atoms with E-state index >= 15 is 0 Å². The van der Waals surface area contributed by atoms with E-state index in [1.54, 1.807) is 0 Å². The standard InChI is InChI=1S/C10H12N2O/c11-5-9-8-4-2-1-3-7(8)6-13-10(9)12/h1-4,6,12H2. The average molecular weight is 176 g/mol. The predicted molar refractivity (Wildman–Crippen MR) is 48.3 cm³/mol. The largest absolute Gasteiger partial charge is 0.474 e. The molecule has 0 radical (unpaired) electrons. The first-order chi connectivity index (χ1) is 6.33. The maximum absolute atomic E-state index is 8.90. The number of hydrogen-bond acceptors (Lipinski definition) is 3. The Morgan fingerprint density at radius 1 is 1.31 bits per heavy atom. The summed E-state index contributed by atoms with van der Waals surface area (Å²) in [6, 6.07) is 2.12. The van der Waals surface area contributed by atoms with E-state index in [-0.39, 0.29) is 0 Å². The monoisotopic (exact) mass is 176 g/mol. The fraction of sp³-hybridized carbons (Fsp3) is 0.500. The van der Waals surface area contributed by atoms with Gasteiger partial charge in [0.05, 0.1) is 0 Å². The molecular formula is C10H12N2O. The molecule has 0 aromatic rings. The predicted octanol–water partition coefficient (Wildman–Crippen LogP) is 1.58. The van der Waals surface area contributed by atoms with Gasteiger partial charge in [-0.05, 0) is 36.8 Å². The Balaban J connectivity index is 2.42. The molecule has 3 heteroatoms. The molecule has 2 aliphatic rings. The first kappa shape index (κ1) is 8.18. The zero-order chi connectivity index (χ0) is 9.26. The van der Waals surface area contributed by atoms with Crippen molar-refractivity contribution in [2.45, 2.75) is 25.7 Å². The second-order valence-corrected chi connectivity index (χ2v) is 3.43. The number of nitrogens with two attached hydrogens (primary N) is 1. The molecule has 0 saturated carbocycles. The molecule has 1 aliphatic heterocycles. The smallest absolute Gasteiger partial charge is 0.203 e. The third-order valence-electron chi connectivity index (χ3n) is 2.64. The van der Waals surface area contributed by atoms with Crippen LogP contribution < -0.4 is 5.73 Å². The van der Waals surface area contributed by atoms with Crippen LogP contribution in [0.1, 0.15) is 25.7 Å². The number of hydrogen-bond donors (Lipinski definition) is 1. The summed E-state index contributed by atoms with van der Waals surface area (Å²) >= 11 is 0. The summed E-state index contributed by atoms with van der Waals surface area (Å²) in [4.78, 5) is 0. The highest BCUT2D eigenvalue weighted by Crippen LogP contribution is 2.33. The van der Waals surface area contributed by atoms with Gasteiger partial charge in [-0.3, -0.25) is 0 Å². The van der Waals surface area contributed by atoms with Gasteiger partial charge in [-0.1, -0.05) is 0 Å². The minimum atomic E-state index is 0.308. The minimum absolute atomic E-state index is 0.308. The lowest BCUT2D eigenvalue weighted by molar-refractivity contribution is 0.220. The summed E-state index contributed by atoms with van der Waals surface area (Å²) in [7, 11) is 0. The van der Waals surface area contributed by atoms with Gasteiger partial charge in [-0.25, -0.2) is 0 Å². The zero-order valence-electron chi connectivity index (χ0n) is 7.47. The molecule has 0 unspecified atom stereocenters. The summed E-state index contributed by atoms with van der Waals surface area (Å²) in [6.07, 6.45) is 4.42. The molecule has 0 spiro atoms. The van der Waals surface area contributed by atoms with E-state index in [9.17, 15) is 0 Å². The van der Waals surface area contributed by atoms with E-state index in [0.29, 0.717) is 18.1 Å². The van der Waals surface area contributed by atoms with Gasteiger partial charge < -0.3 is 10.5 Å². The third kappa shape index (κ3) is 1.29. The lowest BCUT2D eigenvalue weighted by atomic mass is 9.87. The van der Waals surface area contributed by atoms with Gasteiger partial charge in [0.15, 0.2) is 0 Å². The number of rotatable bonds is 0. The number of nitrogens with zero attached hydrogens (tertiary/aromatic N) is 1. The van der Waals surface area contributed by atoms with Crippen molar-refractivity contribution in [2.75, 3.05) is 6.61 Å². The average Bonchev–Trinajstić information content (AvgIpc) is 2.18. The van der Waals surface area contributed by atoms with Crippen molar-refractivity contribution in [3.8, 4) is 6.07 Å². The molecule has 0 fully saturated rings. The molecule has 68 valence electrons. The molecule has 2 N–H and O–H groups in total. The maximum atomic E-state index is 8.90. The van der Waals surface area contributed by atoms with Gasteiger partial charge in [0.2, 0.25) is 5.88 Å². The molecular weight excluding hydrogens is 164 g/mol. The Bertz CT molecular complexity index is 333. The Labute approximate surface area is 77.5 Å². The highest BCUT2D eigenvalue weighted by Gasteiger charge is 2.23.